The van der Waals surface area contributed by atoms with Gasteiger partial charge in [-0.2, -0.15) is 0 Å². The topological polar surface area (TPSA) is 86.8 Å². The standard InChI is InChI=1S/C27H39N3O4S/c1-7-9-15-28-27(32)24(8-2)29(18-23-12-10-11-20(3)16-23)26(31)19-30(35(6,33)34)25-17-21(4)13-14-22(25)5/h10-14,16-17,24H,7-9,15,18-19H2,1-6H3,(H,28,32)/t24-/m1/s1. The smallest absolute Gasteiger partial charge is 0.244 e. The average molecular weight is 502 g/mol. The highest BCUT2D eigenvalue weighted by atomic mass is 32.2. The molecule has 0 bridgehead atoms. The highest BCUT2D eigenvalue weighted by Gasteiger charge is 2.32. The van der Waals surface area contributed by atoms with Crippen molar-refractivity contribution in [2.75, 3.05) is 23.7 Å². The number of nitrogens with one attached hydrogen (secondary N) is 1. The van der Waals surface area contributed by atoms with Crippen LogP contribution in [0.1, 0.15) is 55.4 Å². The van der Waals surface area contributed by atoms with Crippen molar-refractivity contribution in [2.24, 2.45) is 0 Å². The largest absolute Gasteiger partial charge is 0.354 e. The zero-order valence-corrected chi connectivity index (χ0v) is 22.6. The van der Waals surface area contributed by atoms with Crippen LogP contribution in [-0.2, 0) is 26.2 Å². The summed E-state index contributed by atoms with van der Waals surface area (Å²) < 4.78 is 26.7. The van der Waals surface area contributed by atoms with Crippen molar-refractivity contribution in [3.05, 3.63) is 64.7 Å². The molecule has 0 spiro atoms. The van der Waals surface area contributed by atoms with Crippen LogP contribution in [0.2, 0.25) is 0 Å². The number of nitrogens with zero attached hydrogens (tertiary/aromatic N) is 2. The van der Waals surface area contributed by atoms with Gasteiger partial charge < -0.3 is 10.2 Å². The van der Waals surface area contributed by atoms with Gasteiger partial charge in [0, 0.05) is 13.1 Å². The molecule has 192 valence electrons. The number of unbranched alkanes of at least 4 members (excludes halogenated alkanes) is 1. The van der Waals surface area contributed by atoms with E-state index in [1.54, 1.807) is 6.07 Å². The summed E-state index contributed by atoms with van der Waals surface area (Å²) in [6.07, 6.45) is 3.31. The van der Waals surface area contributed by atoms with Gasteiger partial charge in [0.05, 0.1) is 11.9 Å². The summed E-state index contributed by atoms with van der Waals surface area (Å²) in [4.78, 5) is 28.3. The fourth-order valence-electron chi connectivity index (χ4n) is 4.02. The Morgan fingerprint density at radius 3 is 2.29 bits per heavy atom. The van der Waals surface area contributed by atoms with E-state index in [1.165, 1.54) is 4.90 Å². The van der Waals surface area contributed by atoms with Crippen molar-refractivity contribution in [2.45, 2.75) is 66.5 Å². The Morgan fingerprint density at radius 2 is 1.69 bits per heavy atom. The minimum absolute atomic E-state index is 0.213. The van der Waals surface area contributed by atoms with Gasteiger partial charge in [-0.1, -0.05) is 62.2 Å². The molecular weight excluding hydrogens is 462 g/mol. The van der Waals surface area contributed by atoms with Crippen molar-refractivity contribution in [1.29, 1.82) is 0 Å². The fraction of sp³-hybridized carbons (Fsp3) is 0.481. The van der Waals surface area contributed by atoms with Crippen LogP contribution >= 0.6 is 0 Å². The van der Waals surface area contributed by atoms with Gasteiger partial charge >= 0.3 is 0 Å². The predicted octanol–water partition coefficient (Wildman–Crippen LogP) is 4.10. The van der Waals surface area contributed by atoms with E-state index in [0.717, 1.165) is 45.7 Å². The van der Waals surface area contributed by atoms with Gasteiger partial charge in [-0.3, -0.25) is 13.9 Å². The van der Waals surface area contributed by atoms with Crippen LogP contribution in [0.25, 0.3) is 0 Å². The van der Waals surface area contributed by atoms with E-state index in [4.69, 9.17) is 0 Å². The quantitative estimate of drug-likeness (QED) is 0.444. The van der Waals surface area contributed by atoms with Gasteiger partial charge in [0.1, 0.15) is 12.6 Å². The van der Waals surface area contributed by atoms with Crippen molar-refractivity contribution < 1.29 is 18.0 Å². The minimum Gasteiger partial charge on any atom is -0.354 e. The van der Waals surface area contributed by atoms with E-state index < -0.39 is 22.0 Å². The number of amides is 2. The molecule has 35 heavy (non-hydrogen) atoms. The lowest BCUT2D eigenvalue weighted by molar-refractivity contribution is -0.140. The number of anilines is 1. The first-order chi connectivity index (χ1) is 16.5. The van der Waals surface area contributed by atoms with Crippen molar-refractivity contribution in [1.82, 2.24) is 10.2 Å². The van der Waals surface area contributed by atoms with Gasteiger partial charge in [-0.05, 0) is 56.4 Å². The van der Waals surface area contributed by atoms with E-state index in [1.807, 2.05) is 71.0 Å². The molecule has 7 nitrogen and oxygen atoms in total. The zero-order chi connectivity index (χ0) is 26.2. The summed E-state index contributed by atoms with van der Waals surface area (Å²) in [5.41, 5.74) is 4.05. The van der Waals surface area contributed by atoms with Crippen LogP contribution in [0.5, 0.6) is 0 Å². The normalized spacial score (nSPS) is 12.2. The Morgan fingerprint density at radius 1 is 1.00 bits per heavy atom. The molecule has 0 aliphatic heterocycles. The summed E-state index contributed by atoms with van der Waals surface area (Å²) in [5.74, 6) is -0.644. The van der Waals surface area contributed by atoms with Gasteiger partial charge in [0.25, 0.3) is 0 Å². The molecule has 2 aromatic carbocycles. The maximum absolute atomic E-state index is 13.7. The monoisotopic (exact) mass is 501 g/mol. The highest BCUT2D eigenvalue weighted by Crippen LogP contribution is 2.25. The van der Waals surface area contributed by atoms with Gasteiger partial charge in [-0.15, -0.1) is 0 Å². The number of aryl methyl sites for hydroxylation is 3. The van der Waals surface area contributed by atoms with Crippen LogP contribution < -0.4 is 9.62 Å². The van der Waals surface area contributed by atoms with Crippen molar-refractivity contribution in [3.8, 4) is 0 Å². The van der Waals surface area contributed by atoms with Gasteiger partial charge in [0.2, 0.25) is 21.8 Å². The van der Waals surface area contributed by atoms with E-state index in [9.17, 15) is 18.0 Å². The lowest BCUT2D eigenvalue weighted by atomic mass is 10.1. The summed E-state index contributed by atoms with van der Waals surface area (Å²) in [6.45, 7) is 9.94. The Balaban J connectivity index is 2.45. The van der Waals surface area contributed by atoms with Crippen LogP contribution in [0.15, 0.2) is 42.5 Å². The molecule has 0 aliphatic rings. The second kappa shape index (κ2) is 12.7. The number of carbonyl (C=O) groups is 2. The Labute approximate surface area is 210 Å². The number of carbonyl (C=O) groups excluding carboxylic acids is 2. The summed E-state index contributed by atoms with van der Waals surface area (Å²) in [7, 11) is -3.75. The van der Waals surface area contributed by atoms with E-state index >= 15 is 0 Å². The molecule has 0 aromatic heterocycles. The molecule has 2 amide bonds. The molecule has 2 rings (SSSR count). The number of hydrogen-bond donors (Lipinski definition) is 1. The second-order valence-corrected chi connectivity index (χ2v) is 11.0. The average Bonchev–Trinajstić information content (AvgIpc) is 2.78. The van der Waals surface area contributed by atoms with E-state index in [0.29, 0.717) is 18.7 Å². The van der Waals surface area contributed by atoms with Gasteiger partial charge in [0.15, 0.2) is 0 Å². The Bertz CT molecular complexity index is 1130. The lowest BCUT2D eigenvalue weighted by Crippen LogP contribution is -2.52. The molecule has 8 heteroatoms. The van der Waals surface area contributed by atoms with Crippen molar-refractivity contribution in [3.63, 3.8) is 0 Å². The zero-order valence-electron chi connectivity index (χ0n) is 21.8. The number of rotatable bonds is 12. The maximum Gasteiger partial charge on any atom is 0.244 e. The number of benzene rings is 2. The van der Waals surface area contributed by atoms with E-state index in [2.05, 4.69) is 5.32 Å². The summed E-state index contributed by atoms with van der Waals surface area (Å²) in [5, 5.41) is 2.93. The molecule has 0 aliphatic carbocycles. The molecule has 2 aromatic rings. The molecule has 1 atom stereocenters. The fourth-order valence-corrected chi connectivity index (χ4v) is 4.91. The van der Waals surface area contributed by atoms with Crippen LogP contribution in [-0.4, -0.2) is 50.5 Å². The summed E-state index contributed by atoms with van der Waals surface area (Å²) >= 11 is 0. The molecule has 0 saturated carbocycles. The van der Waals surface area contributed by atoms with Crippen LogP contribution in [0.4, 0.5) is 5.69 Å². The first kappa shape index (κ1) is 28.4. The van der Waals surface area contributed by atoms with Gasteiger partial charge in [-0.25, -0.2) is 8.42 Å². The molecule has 1 N–H and O–H groups in total. The third-order valence-electron chi connectivity index (χ3n) is 5.96. The third-order valence-corrected chi connectivity index (χ3v) is 7.09. The first-order valence-electron chi connectivity index (χ1n) is 12.2. The molecule has 0 radical (unpaired) electrons. The van der Waals surface area contributed by atoms with E-state index in [-0.39, 0.29) is 19.0 Å². The Hall–Kier alpha value is -2.87. The maximum atomic E-state index is 13.7. The molecule has 0 saturated heterocycles. The second-order valence-electron chi connectivity index (χ2n) is 9.14. The van der Waals surface area contributed by atoms with Crippen LogP contribution in [0, 0.1) is 20.8 Å². The molecular formula is C27H39N3O4S. The third kappa shape index (κ3) is 8.09. The molecule has 0 fully saturated rings. The minimum atomic E-state index is -3.75. The SMILES string of the molecule is CCCCNC(=O)[C@@H](CC)N(Cc1cccc(C)c1)C(=O)CN(c1cc(C)ccc1C)S(C)(=O)=O. The highest BCUT2D eigenvalue weighted by molar-refractivity contribution is 7.92. The van der Waals surface area contributed by atoms with Crippen molar-refractivity contribution >= 4 is 27.5 Å². The van der Waals surface area contributed by atoms with Crippen LogP contribution in [0.3, 0.4) is 0 Å². The summed E-state index contributed by atoms with van der Waals surface area (Å²) in [6, 6.07) is 12.6. The number of sulfonamides is 1. The lowest BCUT2D eigenvalue weighted by Gasteiger charge is -2.33. The predicted molar refractivity (Wildman–Crippen MR) is 142 cm³/mol. The molecule has 0 unspecified atom stereocenters. The Kier molecular flexibility index (Phi) is 10.3. The first-order valence-corrected chi connectivity index (χ1v) is 14.0. The molecule has 0 heterocycles. The number of hydrogen-bond acceptors (Lipinski definition) is 4.